The molecule has 49 heavy (non-hydrogen) atoms. The van der Waals surface area contributed by atoms with Crippen LogP contribution >= 0.6 is 0 Å². The smallest absolute Gasteiger partial charge is 0.194 e. The molecule has 0 aromatic heterocycles. The first-order chi connectivity index (χ1) is 23.7. The van der Waals surface area contributed by atoms with Gasteiger partial charge < -0.3 is 9.53 Å². The van der Waals surface area contributed by atoms with Crippen LogP contribution in [0.5, 0.6) is 5.75 Å². The normalized spacial score (nSPS) is 10.8. The van der Waals surface area contributed by atoms with E-state index in [1.807, 2.05) is 12.9 Å². The number of carbonyl (C=O) groups excluding carboxylic acids is 1. The molecule has 0 fully saturated rings. The second-order valence-corrected chi connectivity index (χ2v) is 11.5. The molecule has 5 aromatic rings. The molecule has 0 aliphatic carbocycles. The monoisotopic (exact) mass is 680 g/mol. The van der Waals surface area contributed by atoms with Crippen LogP contribution in [-0.2, 0) is 11.2 Å². The molecule has 0 saturated heterocycles. The fourth-order valence-electron chi connectivity index (χ4n) is 5.50. The lowest BCUT2D eigenvalue weighted by atomic mass is 9.99. The fraction of sp³-hybridized carbons (Fsp3) is 0.225. The van der Waals surface area contributed by atoms with E-state index in [9.17, 15) is 30.7 Å². The Kier molecular flexibility index (Phi) is 13.6. The number of benzene rings is 5. The Morgan fingerprint density at radius 1 is 0.429 bits per heavy atom. The first kappa shape index (κ1) is 36.9. The van der Waals surface area contributed by atoms with Gasteiger partial charge in [0.25, 0.3) is 0 Å². The highest BCUT2D eigenvalue weighted by molar-refractivity contribution is 5.71. The molecule has 0 spiro atoms. The van der Waals surface area contributed by atoms with Crippen LogP contribution in [0.15, 0.2) is 91.0 Å². The summed E-state index contributed by atoms with van der Waals surface area (Å²) in [5.74, 6) is -6.75. The maximum atomic E-state index is 14.8. The molecular weight excluding hydrogens is 645 g/mol. The Bertz CT molecular complexity index is 1820. The third-order valence-corrected chi connectivity index (χ3v) is 8.09. The van der Waals surface area contributed by atoms with E-state index in [4.69, 9.17) is 9.53 Å². The van der Waals surface area contributed by atoms with Gasteiger partial charge in [0.1, 0.15) is 24.2 Å². The van der Waals surface area contributed by atoms with E-state index in [1.54, 1.807) is 36.4 Å². The quantitative estimate of drug-likeness (QED) is 0.0663. The number of hydrogen-bond acceptors (Lipinski definition) is 2. The summed E-state index contributed by atoms with van der Waals surface area (Å²) in [6, 6.07) is 21.3. The third kappa shape index (κ3) is 10.0. The zero-order chi connectivity index (χ0) is 35.3. The van der Waals surface area contributed by atoms with Crippen molar-refractivity contribution in [3.8, 4) is 39.1 Å². The van der Waals surface area contributed by atoms with Crippen molar-refractivity contribution in [2.75, 3.05) is 6.61 Å². The largest absolute Gasteiger partial charge is 0.494 e. The molecule has 0 N–H and O–H groups in total. The summed E-state index contributed by atoms with van der Waals surface area (Å²) in [5.41, 5.74) is 2.62. The number of rotatable bonds is 14. The van der Waals surface area contributed by atoms with Crippen molar-refractivity contribution in [2.24, 2.45) is 0 Å². The van der Waals surface area contributed by atoms with Crippen molar-refractivity contribution in [2.45, 2.75) is 51.4 Å². The van der Waals surface area contributed by atoms with Crippen molar-refractivity contribution in [3.63, 3.8) is 0 Å². The molecule has 0 radical (unpaired) electrons. The molecule has 0 unspecified atom stereocenters. The summed E-state index contributed by atoms with van der Waals surface area (Å²) in [7, 11) is 0. The van der Waals surface area contributed by atoms with Crippen LogP contribution in [-0.4, -0.2) is 13.4 Å². The lowest BCUT2D eigenvalue weighted by Gasteiger charge is -2.10. The summed E-state index contributed by atoms with van der Waals surface area (Å²) in [5, 5.41) is 0. The molecule has 0 aliphatic heterocycles. The number of hydrogen-bond donors (Lipinski definition) is 0. The highest BCUT2D eigenvalue weighted by atomic mass is 19.2. The van der Waals surface area contributed by atoms with Crippen LogP contribution in [0.2, 0.25) is 0 Å². The average Bonchev–Trinajstić information content (AvgIpc) is 3.10. The molecule has 0 heterocycles. The molecule has 256 valence electrons. The number of halogens is 7. The van der Waals surface area contributed by atoms with E-state index in [2.05, 4.69) is 0 Å². The first-order valence-electron chi connectivity index (χ1n) is 15.9. The van der Waals surface area contributed by atoms with Gasteiger partial charge in [0, 0.05) is 11.1 Å². The Morgan fingerprint density at radius 2 is 0.939 bits per heavy atom. The average molecular weight is 681 g/mol. The minimum Gasteiger partial charge on any atom is -0.494 e. The molecular formula is C40H35F7O2. The van der Waals surface area contributed by atoms with E-state index in [1.165, 1.54) is 24.3 Å². The number of unbranched alkanes of at least 4 members (excludes halogenated alkanes) is 6. The van der Waals surface area contributed by atoms with Gasteiger partial charge in [0.2, 0.25) is 0 Å². The summed E-state index contributed by atoms with van der Waals surface area (Å²) in [4.78, 5) is 8.00. The summed E-state index contributed by atoms with van der Waals surface area (Å²) < 4.78 is 102. The standard InChI is InChI=1S/C39H33F7O.CH2O/c40-33-18-13-28(22-36(33)43)31-16-9-25(20-34(31)41)8-6-4-2-1-3-5-7-19-47-30-14-10-26(11-15-30)27-12-17-32(35(42)21-27)29-23-37(44)39(46)38(45)24-29;1-2/h9-18,20-24H,1-8,19H2;1H2. The van der Waals surface area contributed by atoms with Crippen molar-refractivity contribution >= 4 is 6.79 Å². The lowest BCUT2D eigenvalue weighted by molar-refractivity contribution is -0.0980. The van der Waals surface area contributed by atoms with Gasteiger partial charge in [0.15, 0.2) is 29.1 Å². The zero-order valence-corrected chi connectivity index (χ0v) is 26.7. The number of carbonyl (C=O) groups is 1. The summed E-state index contributed by atoms with van der Waals surface area (Å²) in [6.07, 6.45) is 7.92. The van der Waals surface area contributed by atoms with E-state index >= 15 is 0 Å². The van der Waals surface area contributed by atoms with Gasteiger partial charge in [-0.2, -0.15) is 0 Å². The van der Waals surface area contributed by atoms with Gasteiger partial charge >= 0.3 is 0 Å². The van der Waals surface area contributed by atoms with Gasteiger partial charge in [-0.15, -0.1) is 0 Å². The van der Waals surface area contributed by atoms with E-state index in [0.29, 0.717) is 23.5 Å². The van der Waals surface area contributed by atoms with Crippen LogP contribution in [0.25, 0.3) is 33.4 Å². The van der Waals surface area contributed by atoms with Crippen molar-refractivity contribution < 1.29 is 40.3 Å². The van der Waals surface area contributed by atoms with Crippen molar-refractivity contribution in [3.05, 3.63) is 137 Å². The van der Waals surface area contributed by atoms with E-state index < -0.39 is 40.7 Å². The van der Waals surface area contributed by atoms with Crippen LogP contribution in [0.3, 0.4) is 0 Å². The Balaban J connectivity index is 0.00000265. The van der Waals surface area contributed by atoms with Gasteiger partial charge in [0.05, 0.1) is 6.61 Å². The topological polar surface area (TPSA) is 26.3 Å². The van der Waals surface area contributed by atoms with Crippen molar-refractivity contribution in [1.29, 1.82) is 0 Å². The maximum absolute atomic E-state index is 14.8. The van der Waals surface area contributed by atoms with Crippen LogP contribution in [0.1, 0.15) is 50.5 Å². The molecule has 2 nitrogen and oxygen atoms in total. The van der Waals surface area contributed by atoms with Crippen LogP contribution in [0.4, 0.5) is 30.7 Å². The second-order valence-electron chi connectivity index (χ2n) is 11.5. The molecule has 5 aromatic carbocycles. The lowest BCUT2D eigenvalue weighted by Crippen LogP contribution is -1.97. The summed E-state index contributed by atoms with van der Waals surface area (Å²) in [6.45, 7) is 2.57. The Morgan fingerprint density at radius 3 is 1.57 bits per heavy atom. The van der Waals surface area contributed by atoms with Gasteiger partial charge in [-0.1, -0.05) is 74.6 Å². The SMILES string of the molecule is C=O.Fc1ccc(-c2ccc(CCCCCCCCCOc3ccc(-c4ccc(-c5cc(F)c(F)c(F)c5)c(F)c4)cc3)cc2F)cc1F. The van der Waals surface area contributed by atoms with Gasteiger partial charge in [-0.05, 0) is 95.6 Å². The second kappa shape index (κ2) is 18.0. The van der Waals surface area contributed by atoms with Crippen LogP contribution in [0, 0.1) is 40.7 Å². The highest BCUT2D eigenvalue weighted by Crippen LogP contribution is 2.31. The molecule has 0 aliphatic rings. The molecule has 0 bridgehead atoms. The Labute approximate surface area is 281 Å². The summed E-state index contributed by atoms with van der Waals surface area (Å²) >= 11 is 0. The predicted molar refractivity (Wildman–Crippen MR) is 178 cm³/mol. The van der Waals surface area contributed by atoms with Crippen molar-refractivity contribution in [1.82, 2.24) is 0 Å². The van der Waals surface area contributed by atoms with Gasteiger partial charge in [-0.3, -0.25) is 0 Å². The van der Waals surface area contributed by atoms with E-state index in [-0.39, 0.29) is 16.7 Å². The third-order valence-electron chi connectivity index (χ3n) is 8.09. The number of aryl methyl sites for hydroxylation is 1. The molecule has 0 atom stereocenters. The van der Waals surface area contributed by atoms with E-state index in [0.717, 1.165) is 86.8 Å². The minimum absolute atomic E-state index is 0.0326. The minimum atomic E-state index is -1.59. The predicted octanol–water partition coefficient (Wildman–Crippen LogP) is 11.8. The number of ether oxygens (including phenoxy) is 1. The molecule has 0 saturated carbocycles. The molecule has 0 amide bonds. The fourth-order valence-corrected chi connectivity index (χ4v) is 5.50. The molecule has 9 heteroatoms. The highest BCUT2D eigenvalue weighted by Gasteiger charge is 2.15. The maximum Gasteiger partial charge on any atom is 0.194 e. The molecule has 5 rings (SSSR count). The first-order valence-corrected chi connectivity index (χ1v) is 15.9. The van der Waals surface area contributed by atoms with Crippen LogP contribution < -0.4 is 4.74 Å². The van der Waals surface area contributed by atoms with Gasteiger partial charge in [-0.25, -0.2) is 30.7 Å². The Hall–Kier alpha value is -4.92. The zero-order valence-electron chi connectivity index (χ0n) is 26.7.